The molecule has 5 heterocycles. The first-order valence-corrected chi connectivity index (χ1v) is 12.0. The topological polar surface area (TPSA) is 108 Å². The van der Waals surface area contributed by atoms with E-state index in [0.29, 0.717) is 36.8 Å². The first-order chi connectivity index (χ1) is 16.5. The van der Waals surface area contributed by atoms with Gasteiger partial charge >= 0.3 is 0 Å². The second kappa shape index (κ2) is 9.87. The van der Waals surface area contributed by atoms with Crippen molar-refractivity contribution in [1.82, 2.24) is 19.9 Å². The lowest BCUT2D eigenvalue weighted by Crippen LogP contribution is -2.45. The fraction of sp³-hybridized carbons (Fsp3) is 0.435. The van der Waals surface area contributed by atoms with Crippen LogP contribution in [0.1, 0.15) is 18.5 Å². The van der Waals surface area contributed by atoms with Crippen LogP contribution in [0.5, 0.6) is 11.6 Å². The third kappa shape index (κ3) is 4.74. The number of aliphatic hydroxyl groups is 1. The first kappa shape index (κ1) is 23.0. The summed E-state index contributed by atoms with van der Waals surface area (Å²) in [5.41, 5.74) is 0.345. The SMILES string of the molecule is COc1ccc2cc(F)c(=O)n(C[C@H](O)[C@@H]3CC[C@@H](NCc4cc5c(cn4)OCS5)CO3)c2n1. The molecule has 2 aliphatic rings. The number of nitrogens with one attached hydrogen (secondary N) is 1. The molecule has 9 nitrogen and oxygen atoms in total. The van der Waals surface area contributed by atoms with Gasteiger partial charge in [-0.25, -0.2) is 4.39 Å². The van der Waals surface area contributed by atoms with Gasteiger partial charge in [0.2, 0.25) is 5.88 Å². The summed E-state index contributed by atoms with van der Waals surface area (Å²) in [4.78, 5) is 22.3. The van der Waals surface area contributed by atoms with Crippen LogP contribution in [0.4, 0.5) is 4.39 Å². The highest BCUT2D eigenvalue weighted by Gasteiger charge is 2.28. The highest BCUT2D eigenvalue weighted by Crippen LogP contribution is 2.35. The Bertz CT molecular complexity index is 1250. The van der Waals surface area contributed by atoms with Crippen molar-refractivity contribution < 1.29 is 23.7 Å². The number of nitrogens with zero attached hydrogens (tertiary/aromatic N) is 3. The highest BCUT2D eigenvalue weighted by molar-refractivity contribution is 7.99. The van der Waals surface area contributed by atoms with Crippen LogP contribution < -0.4 is 20.3 Å². The minimum atomic E-state index is -0.993. The van der Waals surface area contributed by atoms with Crippen LogP contribution in [0.15, 0.2) is 40.2 Å². The van der Waals surface area contributed by atoms with Gasteiger partial charge in [-0.15, -0.1) is 0 Å². The fourth-order valence-corrected chi connectivity index (χ4v) is 4.99. The normalized spacial score (nSPS) is 20.7. The molecular formula is C23H25FN4O5S. The van der Waals surface area contributed by atoms with E-state index in [1.165, 1.54) is 7.11 Å². The molecule has 0 amide bonds. The van der Waals surface area contributed by atoms with E-state index in [1.54, 1.807) is 30.1 Å². The molecule has 180 valence electrons. The molecular weight excluding hydrogens is 463 g/mol. The molecule has 1 saturated heterocycles. The summed E-state index contributed by atoms with van der Waals surface area (Å²) in [6.45, 7) is 0.886. The summed E-state index contributed by atoms with van der Waals surface area (Å²) in [7, 11) is 1.46. The summed E-state index contributed by atoms with van der Waals surface area (Å²) in [5.74, 6) is 0.847. The molecule has 0 bridgehead atoms. The Hall–Kier alpha value is -2.73. The van der Waals surface area contributed by atoms with E-state index in [-0.39, 0.29) is 18.2 Å². The van der Waals surface area contributed by atoms with Crippen LogP contribution in [-0.2, 0) is 17.8 Å². The number of hydrogen-bond acceptors (Lipinski definition) is 9. The number of fused-ring (bicyclic) bond motifs is 2. The van der Waals surface area contributed by atoms with Gasteiger partial charge in [0.25, 0.3) is 5.56 Å². The largest absolute Gasteiger partial charge is 0.481 e. The Balaban J connectivity index is 1.20. The molecule has 0 aromatic carbocycles. The highest BCUT2D eigenvalue weighted by atomic mass is 32.2. The average molecular weight is 489 g/mol. The van der Waals surface area contributed by atoms with Crippen molar-refractivity contribution in [1.29, 1.82) is 0 Å². The zero-order valence-corrected chi connectivity index (χ0v) is 19.4. The second-order valence-corrected chi connectivity index (χ2v) is 9.26. The quantitative estimate of drug-likeness (QED) is 0.517. The molecule has 34 heavy (non-hydrogen) atoms. The second-order valence-electron chi connectivity index (χ2n) is 8.30. The number of aromatic nitrogens is 3. The number of ether oxygens (including phenoxy) is 3. The van der Waals surface area contributed by atoms with Gasteiger partial charge in [-0.05, 0) is 31.0 Å². The lowest BCUT2D eigenvalue weighted by atomic mass is 10.0. The van der Waals surface area contributed by atoms with E-state index in [1.807, 2.05) is 6.07 Å². The van der Waals surface area contributed by atoms with Crippen molar-refractivity contribution >= 4 is 22.8 Å². The number of hydrogen-bond donors (Lipinski definition) is 2. The average Bonchev–Trinajstić information content (AvgIpc) is 3.33. The number of methoxy groups -OCH3 is 1. The minimum absolute atomic E-state index is 0.117. The molecule has 0 unspecified atom stereocenters. The van der Waals surface area contributed by atoms with E-state index in [2.05, 4.69) is 15.3 Å². The Kier molecular flexibility index (Phi) is 6.68. The van der Waals surface area contributed by atoms with Gasteiger partial charge in [0.1, 0.15) is 11.6 Å². The van der Waals surface area contributed by atoms with E-state index in [0.717, 1.165) is 33.4 Å². The summed E-state index contributed by atoms with van der Waals surface area (Å²) in [5, 5.41) is 14.7. The molecule has 3 aromatic rings. The van der Waals surface area contributed by atoms with Crippen molar-refractivity contribution in [3.05, 3.63) is 52.3 Å². The molecule has 0 saturated carbocycles. The summed E-state index contributed by atoms with van der Waals surface area (Å²) < 4.78 is 31.8. The molecule has 0 aliphatic carbocycles. The van der Waals surface area contributed by atoms with Crippen molar-refractivity contribution in [2.45, 2.75) is 49.1 Å². The van der Waals surface area contributed by atoms with Crippen LogP contribution in [0.3, 0.4) is 0 Å². The van der Waals surface area contributed by atoms with Gasteiger partial charge in [0.05, 0.1) is 49.3 Å². The fourth-order valence-electron chi connectivity index (χ4n) is 4.21. The molecule has 0 spiro atoms. The lowest BCUT2D eigenvalue weighted by molar-refractivity contribution is -0.0772. The molecule has 11 heteroatoms. The smallest absolute Gasteiger partial charge is 0.288 e. The zero-order valence-electron chi connectivity index (χ0n) is 18.6. The summed E-state index contributed by atoms with van der Waals surface area (Å²) in [6.07, 6.45) is 1.67. The Morgan fingerprint density at radius 1 is 1.38 bits per heavy atom. The van der Waals surface area contributed by atoms with Gasteiger partial charge in [0, 0.05) is 24.0 Å². The van der Waals surface area contributed by atoms with E-state index < -0.39 is 23.6 Å². The third-order valence-electron chi connectivity index (χ3n) is 6.08. The number of thioether (sulfide) groups is 1. The predicted octanol–water partition coefficient (Wildman–Crippen LogP) is 2.08. The molecule has 2 aliphatic heterocycles. The molecule has 1 fully saturated rings. The molecule has 3 atom stereocenters. The number of halogens is 1. The molecule has 3 aromatic heterocycles. The van der Waals surface area contributed by atoms with Crippen molar-refractivity contribution in [3.8, 4) is 11.6 Å². The summed E-state index contributed by atoms with van der Waals surface area (Å²) >= 11 is 1.65. The van der Waals surface area contributed by atoms with Crippen molar-refractivity contribution in [2.24, 2.45) is 0 Å². The maximum Gasteiger partial charge on any atom is 0.288 e. The third-order valence-corrected chi connectivity index (χ3v) is 6.94. The van der Waals surface area contributed by atoms with Gasteiger partial charge in [-0.2, -0.15) is 4.98 Å². The maximum absolute atomic E-state index is 14.2. The van der Waals surface area contributed by atoms with E-state index in [4.69, 9.17) is 14.2 Å². The van der Waals surface area contributed by atoms with Crippen LogP contribution >= 0.6 is 11.8 Å². The first-order valence-electron chi connectivity index (χ1n) is 11.0. The Morgan fingerprint density at radius 3 is 3.06 bits per heavy atom. The van der Waals surface area contributed by atoms with Crippen molar-refractivity contribution in [3.63, 3.8) is 0 Å². The van der Waals surface area contributed by atoms with Crippen LogP contribution in [0.25, 0.3) is 11.0 Å². The maximum atomic E-state index is 14.2. The predicted molar refractivity (Wildman–Crippen MR) is 124 cm³/mol. The van der Waals surface area contributed by atoms with Gasteiger partial charge < -0.3 is 24.6 Å². The van der Waals surface area contributed by atoms with Crippen LogP contribution in [0.2, 0.25) is 0 Å². The van der Waals surface area contributed by atoms with Crippen molar-refractivity contribution in [2.75, 3.05) is 19.7 Å². The monoisotopic (exact) mass is 488 g/mol. The Morgan fingerprint density at radius 2 is 2.26 bits per heavy atom. The molecule has 5 rings (SSSR count). The molecule has 2 N–H and O–H groups in total. The zero-order chi connectivity index (χ0) is 23.7. The number of rotatable bonds is 7. The summed E-state index contributed by atoms with van der Waals surface area (Å²) in [6, 6.07) is 6.50. The van der Waals surface area contributed by atoms with Gasteiger partial charge in [0.15, 0.2) is 11.6 Å². The lowest BCUT2D eigenvalue weighted by Gasteiger charge is -2.32. The van der Waals surface area contributed by atoms with Crippen LogP contribution in [-0.4, -0.2) is 57.5 Å². The van der Waals surface area contributed by atoms with Gasteiger partial charge in [-0.1, -0.05) is 11.8 Å². The Labute approximate surface area is 199 Å². The van der Waals surface area contributed by atoms with E-state index in [9.17, 15) is 14.3 Å². The van der Waals surface area contributed by atoms with E-state index >= 15 is 0 Å². The molecule has 0 radical (unpaired) electrons. The van der Waals surface area contributed by atoms with Crippen LogP contribution in [0, 0.1) is 5.82 Å². The minimum Gasteiger partial charge on any atom is -0.481 e. The van der Waals surface area contributed by atoms with Gasteiger partial charge in [-0.3, -0.25) is 14.3 Å². The standard InChI is InChI=1S/C23H25FN4O5S/c1-31-21-5-2-13-6-16(24)23(30)28(22(13)27-21)10-17(29)18-4-3-14(11-32-18)25-8-15-7-20-19(9-26-15)33-12-34-20/h2,5-7,9,14,17-18,25,29H,3-4,8,10-12H2,1H3/t14-,17+,18+/m1/s1. The number of pyridine rings is 3. The number of aliphatic hydroxyl groups excluding tert-OH is 1.